The molecule has 1 N–H and O–H groups in total. The number of rotatable bonds is 4. The summed E-state index contributed by atoms with van der Waals surface area (Å²) >= 11 is 5.92. The molecule has 2 rings (SSSR count). The van der Waals surface area contributed by atoms with Crippen LogP contribution in [0.1, 0.15) is 10.4 Å². The van der Waals surface area contributed by atoms with Gasteiger partial charge in [0, 0.05) is 28.3 Å². The first-order valence-electron chi connectivity index (χ1n) is 5.79. The lowest BCUT2D eigenvalue weighted by atomic mass is 9.98. The van der Waals surface area contributed by atoms with Gasteiger partial charge in [0.25, 0.3) is 5.69 Å². The lowest BCUT2D eigenvalue weighted by Crippen LogP contribution is -2.02. The van der Waals surface area contributed by atoms with Crippen LogP contribution in [0.25, 0.3) is 11.1 Å². The normalized spacial score (nSPS) is 10.2. The molecule has 0 saturated carbocycles. The second-order valence-corrected chi connectivity index (χ2v) is 4.57. The number of methoxy groups -OCH3 is 1. The number of carboxylic acids is 1. The molecule has 0 aliphatic heterocycles. The number of nitro groups is 1. The van der Waals surface area contributed by atoms with Crippen LogP contribution < -0.4 is 4.74 Å². The Kier molecular flexibility index (Phi) is 4.09. The van der Waals surface area contributed by atoms with Gasteiger partial charge in [-0.05, 0) is 24.3 Å². The van der Waals surface area contributed by atoms with Gasteiger partial charge in [0.2, 0.25) is 0 Å². The summed E-state index contributed by atoms with van der Waals surface area (Å²) in [5, 5.41) is 20.5. The summed E-state index contributed by atoms with van der Waals surface area (Å²) in [7, 11) is 1.42. The Balaban J connectivity index is 2.76. The van der Waals surface area contributed by atoms with Gasteiger partial charge in [0.15, 0.2) is 0 Å². The number of ether oxygens (including phenoxy) is 1. The number of carboxylic acid groups (broad SMARTS) is 1. The fraction of sp³-hybridized carbons (Fsp3) is 0.0714. The minimum atomic E-state index is -1.19. The zero-order valence-corrected chi connectivity index (χ0v) is 11.6. The van der Waals surface area contributed by atoms with Gasteiger partial charge < -0.3 is 9.84 Å². The van der Waals surface area contributed by atoms with Crippen molar-refractivity contribution in [1.29, 1.82) is 0 Å². The van der Waals surface area contributed by atoms with Crippen LogP contribution >= 0.6 is 11.6 Å². The van der Waals surface area contributed by atoms with Crippen molar-refractivity contribution in [3.63, 3.8) is 0 Å². The van der Waals surface area contributed by atoms with Crippen molar-refractivity contribution in [3.05, 3.63) is 57.1 Å². The molecule has 108 valence electrons. The average Bonchev–Trinajstić information content (AvgIpc) is 2.46. The van der Waals surface area contributed by atoms with E-state index in [0.717, 1.165) is 6.07 Å². The van der Waals surface area contributed by atoms with Gasteiger partial charge in [-0.2, -0.15) is 0 Å². The van der Waals surface area contributed by atoms with E-state index in [0.29, 0.717) is 16.3 Å². The standard InChI is InChI=1S/C14H10ClNO5/c1-21-13-5-2-8(15)6-12(13)11-7-9(16(19)20)3-4-10(11)14(17)18/h2-7H,1H3,(H,17,18). The quantitative estimate of drug-likeness (QED) is 0.688. The number of non-ortho nitro benzene ring substituents is 1. The highest BCUT2D eigenvalue weighted by Crippen LogP contribution is 2.36. The molecule has 7 heteroatoms. The first kappa shape index (κ1) is 14.8. The van der Waals surface area contributed by atoms with E-state index in [1.807, 2.05) is 0 Å². The lowest BCUT2D eigenvalue weighted by molar-refractivity contribution is -0.384. The van der Waals surface area contributed by atoms with Crippen LogP contribution in [-0.4, -0.2) is 23.1 Å². The SMILES string of the molecule is COc1ccc(Cl)cc1-c1cc([N+](=O)[O-])ccc1C(=O)O. The van der Waals surface area contributed by atoms with Crippen LogP contribution in [0.2, 0.25) is 5.02 Å². The van der Waals surface area contributed by atoms with Crippen LogP contribution in [0.4, 0.5) is 5.69 Å². The van der Waals surface area contributed by atoms with Crippen molar-refractivity contribution >= 4 is 23.3 Å². The van der Waals surface area contributed by atoms with Crippen molar-refractivity contribution in [2.24, 2.45) is 0 Å². The number of nitrogens with zero attached hydrogens (tertiary/aromatic N) is 1. The molecule has 0 bridgehead atoms. The molecule has 0 heterocycles. The van der Waals surface area contributed by atoms with Crippen LogP contribution in [-0.2, 0) is 0 Å². The third-order valence-corrected chi connectivity index (χ3v) is 3.13. The Bertz CT molecular complexity index is 729. The molecule has 2 aromatic rings. The van der Waals surface area contributed by atoms with Crippen molar-refractivity contribution < 1.29 is 19.6 Å². The third-order valence-electron chi connectivity index (χ3n) is 2.90. The summed E-state index contributed by atoms with van der Waals surface area (Å²) in [6.45, 7) is 0. The van der Waals surface area contributed by atoms with Crippen LogP contribution in [0, 0.1) is 10.1 Å². The average molecular weight is 308 g/mol. The second kappa shape index (κ2) is 5.80. The molecule has 21 heavy (non-hydrogen) atoms. The summed E-state index contributed by atoms with van der Waals surface area (Å²) in [6.07, 6.45) is 0. The van der Waals surface area contributed by atoms with E-state index in [9.17, 15) is 20.0 Å². The van der Waals surface area contributed by atoms with Crippen molar-refractivity contribution in [1.82, 2.24) is 0 Å². The number of aromatic carboxylic acids is 1. The van der Waals surface area contributed by atoms with Gasteiger partial charge >= 0.3 is 5.97 Å². The largest absolute Gasteiger partial charge is 0.496 e. The Morgan fingerprint density at radius 1 is 1.24 bits per heavy atom. The Labute approximate surface area is 124 Å². The predicted molar refractivity (Wildman–Crippen MR) is 77.1 cm³/mol. The molecular weight excluding hydrogens is 298 g/mol. The molecular formula is C14H10ClNO5. The second-order valence-electron chi connectivity index (χ2n) is 4.14. The molecule has 0 unspecified atom stereocenters. The van der Waals surface area contributed by atoms with E-state index in [4.69, 9.17) is 16.3 Å². The first-order valence-corrected chi connectivity index (χ1v) is 6.17. The van der Waals surface area contributed by atoms with Gasteiger partial charge in [-0.3, -0.25) is 10.1 Å². The van der Waals surface area contributed by atoms with E-state index >= 15 is 0 Å². The van der Waals surface area contributed by atoms with Crippen LogP contribution in [0.3, 0.4) is 0 Å². The fourth-order valence-electron chi connectivity index (χ4n) is 1.95. The topological polar surface area (TPSA) is 89.7 Å². The van der Waals surface area contributed by atoms with E-state index in [2.05, 4.69) is 0 Å². The highest BCUT2D eigenvalue weighted by atomic mass is 35.5. The summed E-state index contributed by atoms with van der Waals surface area (Å²) in [6, 6.07) is 8.19. The highest BCUT2D eigenvalue weighted by Gasteiger charge is 2.19. The minimum absolute atomic E-state index is 0.0684. The van der Waals surface area contributed by atoms with Crippen molar-refractivity contribution in [2.45, 2.75) is 0 Å². The Morgan fingerprint density at radius 3 is 2.52 bits per heavy atom. The number of hydrogen-bond acceptors (Lipinski definition) is 4. The maximum atomic E-state index is 11.3. The molecule has 0 atom stereocenters. The monoisotopic (exact) mass is 307 g/mol. The van der Waals surface area contributed by atoms with E-state index < -0.39 is 10.9 Å². The molecule has 2 aromatic carbocycles. The molecule has 0 spiro atoms. The van der Waals surface area contributed by atoms with E-state index in [1.165, 1.54) is 25.3 Å². The Hall–Kier alpha value is -2.60. The number of carbonyl (C=O) groups is 1. The summed E-state index contributed by atoms with van der Waals surface area (Å²) in [5.74, 6) is -0.815. The first-order chi connectivity index (χ1) is 9.93. The van der Waals surface area contributed by atoms with Gasteiger partial charge in [0.1, 0.15) is 5.75 Å². The summed E-state index contributed by atoms with van der Waals surface area (Å²) < 4.78 is 5.17. The predicted octanol–water partition coefficient (Wildman–Crippen LogP) is 3.62. The van der Waals surface area contributed by atoms with Gasteiger partial charge in [-0.15, -0.1) is 0 Å². The number of benzene rings is 2. The fourth-order valence-corrected chi connectivity index (χ4v) is 2.12. The smallest absolute Gasteiger partial charge is 0.336 e. The van der Waals surface area contributed by atoms with E-state index in [1.54, 1.807) is 12.1 Å². The molecule has 6 nitrogen and oxygen atoms in total. The molecule has 0 radical (unpaired) electrons. The third kappa shape index (κ3) is 2.95. The van der Waals surface area contributed by atoms with Crippen molar-refractivity contribution in [2.75, 3.05) is 7.11 Å². The van der Waals surface area contributed by atoms with E-state index in [-0.39, 0.29) is 16.8 Å². The zero-order valence-electron chi connectivity index (χ0n) is 10.9. The molecule has 0 aromatic heterocycles. The van der Waals surface area contributed by atoms with Crippen LogP contribution in [0.15, 0.2) is 36.4 Å². The molecule has 0 fully saturated rings. The maximum Gasteiger partial charge on any atom is 0.336 e. The summed E-state index contributed by atoms with van der Waals surface area (Å²) in [4.78, 5) is 21.6. The van der Waals surface area contributed by atoms with Gasteiger partial charge in [-0.25, -0.2) is 4.79 Å². The summed E-state index contributed by atoms with van der Waals surface area (Å²) in [5.41, 5.74) is 0.278. The molecule has 0 saturated heterocycles. The number of nitro benzene ring substituents is 1. The molecule has 0 aliphatic rings. The zero-order chi connectivity index (χ0) is 15.6. The molecule has 0 amide bonds. The Morgan fingerprint density at radius 2 is 1.95 bits per heavy atom. The van der Waals surface area contributed by atoms with Gasteiger partial charge in [-0.1, -0.05) is 11.6 Å². The van der Waals surface area contributed by atoms with Crippen molar-refractivity contribution in [3.8, 4) is 16.9 Å². The van der Waals surface area contributed by atoms with Crippen LogP contribution in [0.5, 0.6) is 5.75 Å². The lowest BCUT2D eigenvalue weighted by Gasteiger charge is -2.11. The number of halogens is 1. The number of hydrogen-bond donors (Lipinski definition) is 1. The highest BCUT2D eigenvalue weighted by molar-refractivity contribution is 6.31. The maximum absolute atomic E-state index is 11.3. The van der Waals surface area contributed by atoms with Gasteiger partial charge in [0.05, 0.1) is 17.6 Å². The molecule has 0 aliphatic carbocycles. The minimum Gasteiger partial charge on any atom is -0.496 e.